The van der Waals surface area contributed by atoms with Gasteiger partial charge in [0.2, 0.25) is 0 Å². The number of methoxy groups -OCH3 is 2. The Hall–Kier alpha value is -3.02. The smallest absolute Gasteiger partial charge is 0.313 e. The van der Waals surface area contributed by atoms with Crippen molar-refractivity contribution in [2.24, 2.45) is 0 Å². The number of amides is 2. The van der Waals surface area contributed by atoms with Crippen molar-refractivity contribution in [3.63, 3.8) is 0 Å². The molecular weight excluding hydrogens is 344 g/mol. The van der Waals surface area contributed by atoms with Crippen LogP contribution < -0.4 is 14.8 Å². The second-order valence-corrected chi connectivity index (χ2v) is 6.54. The molecule has 142 valence electrons. The van der Waals surface area contributed by atoms with Gasteiger partial charge in [0.1, 0.15) is 0 Å². The lowest BCUT2D eigenvalue weighted by atomic mass is 10.0. The van der Waals surface area contributed by atoms with Crippen molar-refractivity contribution in [1.82, 2.24) is 4.90 Å². The van der Waals surface area contributed by atoms with Gasteiger partial charge in [-0.2, -0.15) is 0 Å². The molecule has 0 saturated carbocycles. The lowest BCUT2D eigenvalue weighted by Gasteiger charge is -2.24. The van der Waals surface area contributed by atoms with Crippen molar-refractivity contribution in [3.05, 3.63) is 53.6 Å². The van der Waals surface area contributed by atoms with E-state index in [4.69, 9.17) is 9.47 Å². The number of nitrogens with one attached hydrogen (secondary N) is 1. The molecule has 0 aliphatic carbocycles. The molecule has 0 aromatic heterocycles. The molecule has 3 rings (SSSR count). The van der Waals surface area contributed by atoms with Crippen molar-refractivity contribution < 1.29 is 19.1 Å². The Morgan fingerprint density at radius 3 is 2.41 bits per heavy atom. The molecule has 0 radical (unpaired) electrons. The second-order valence-electron chi connectivity index (χ2n) is 6.54. The number of rotatable bonds is 4. The third kappa shape index (κ3) is 3.89. The van der Waals surface area contributed by atoms with Gasteiger partial charge in [0, 0.05) is 18.3 Å². The van der Waals surface area contributed by atoms with Gasteiger partial charge in [0.25, 0.3) is 0 Å². The van der Waals surface area contributed by atoms with Crippen LogP contribution in [0.25, 0.3) is 0 Å². The summed E-state index contributed by atoms with van der Waals surface area (Å²) in [4.78, 5) is 27.0. The third-order valence-corrected chi connectivity index (χ3v) is 4.87. The Labute approximate surface area is 159 Å². The molecule has 2 aromatic rings. The van der Waals surface area contributed by atoms with E-state index in [0.29, 0.717) is 23.7 Å². The number of nitrogens with zero attached hydrogens (tertiary/aromatic N) is 1. The number of hydrogen-bond donors (Lipinski definition) is 1. The number of hydrogen-bond acceptors (Lipinski definition) is 4. The maximum atomic E-state index is 12.8. The fraction of sp³-hybridized carbons (Fsp3) is 0.333. The predicted octanol–water partition coefficient (Wildman–Crippen LogP) is 3.31. The molecule has 1 heterocycles. The minimum absolute atomic E-state index is 0.0593. The summed E-state index contributed by atoms with van der Waals surface area (Å²) in [5.41, 5.74) is 2.37. The first kappa shape index (κ1) is 18.8. The molecule has 1 aliphatic heterocycles. The van der Waals surface area contributed by atoms with E-state index in [-0.39, 0.29) is 6.04 Å². The molecule has 1 N–H and O–H groups in total. The molecular formula is C21H24N2O4. The molecule has 1 atom stereocenters. The Kier molecular flexibility index (Phi) is 5.64. The van der Waals surface area contributed by atoms with E-state index in [2.05, 4.69) is 5.32 Å². The van der Waals surface area contributed by atoms with E-state index in [1.165, 1.54) is 7.11 Å². The Balaban J connectivity index is 1.77. The van der Waals surface area contributed by atoms with Crippen molar-refractivity contribution in [2.75, 3.05) is 26.1 Å². The van der Waals surface area contributed by atoms with Crippen LogP contribution in [-0.2, 0) is 9.59 Å². The summed E-state index contributed by atoms with van der Waals surface area (Å²) in [5.74, 6) is -0.0964. The van der Waals surface area contributed by atoms with Gasteiger partial charge in [-0.1, -0.05) is 30.3 Å². The third-order valence-electron chi connectivity index (χ3n) is 4.87. The molecule has 1 unspecified atom stereocenters. The molecule has 27 heavy (non-hydrogen) atoms. The van der Waals surface area contributed by atoms with Crippen molar-refractivity contribution >= 4 is 17.5 Å². The number of anilines is 1. The van der Waals surface area contributed by atoms with Crippen LogP contribution in [0.1, 0.15) is 30.0 Å². The van der Waals surface area contributed by atoms with E-state index in [9.17, 15) is 9.59 Å². The first-order valence-electron chi connectivity index (χ1n) is 8.94. The zero-order valence-corrected chi connectivity index (χ0v) is 15.8. The normalized spacial score (nSPS) is 16.1. The number of benzene rings is 2. The van der Waals surface area contributed by atoms with E-state index >= 15 is 0 Å². The van der Waals surface area contributed by atoms with Crippen LogP contribution in [0.15, 0.2) is 42.5 Å². The van der Waals surface area contributed by atoms with Crippen molar-refractivity contribution in [1.29, 1.82) is 0 Å². The standard InChI is InChI=1S/C21H24N2O4/c1-14-12-18(26-2)19(27-3)13-16(14)22-20(24)21(25)23-11-7-10-17(23)15-8-5-4-6-9-15/h4-6,8-9,12-13,17H,7,10-11H2,1-3H3,(H,22,24). The SMILES string of the molecule is COc1cc(C)c(NC(=O)C(=O)N2CCCC2c2ccccc2)cc1OC. The molecule has 0 bridgehead atoms. The molecule has 6 heteroatoms. The number of aryl methyl sites for hydroxylation is 1. The lowest BCUT2D eigenvalue weighted by Crippen LogP contribution is -2.39. The largest absolute Gasteiger partial charge is 0.493 e. The van der Waals surface area contributed by atoms with Crippen molar-refractivity contribution in [2.45, 2.75) is 25.8 Å². The minimum atomic E-state index is -0.645. The highest BCUT2D eigenvalue weighted by Crippen LogP contribution is 2.34. The van der Waals surface area contributed by atoms with E-state index in [0.717, 1.165) is 24.0 Å². The summed E-state index contributed by atoms with van der Waals surface area (Å²) in [7, 11) is 3.08. The average Bonchev–Trinajstić information content (AvgIpc) is 3.18. The van der Waals surface area contributed by atoms with Gasteiger partial charge in [0.05, 0.1) is 20.3 Å². The van der Waals surface area contributed by atoms with Gasteiger partial charge >= 0.3 is 11.8 Å². The van der Waals surface area contributed by atoms with Crippen LogP contribution in [-0.4, -0.2) is 37.5 Å². The summed E-state index contributed by atoms with van der Waals surface area (Å²) >= 11 is 0. The Morgan fingerprint density at radius 1 is 1.07 bits per heavy atom. The molecule has 2 aromatic carbocycles. The highest BCUT2D eigenvalue weighted by molar-refractivity contribution is 6.39. The number of carbonyl (C=O) groups excluding carboxylic acids is 2. The van der Waals surface area contributed by atoms with Crippen LogP contribution >= 0.6 is 0 Å². The van der Waals surface area contributed by atoms with Gasteiger partial charge in [-0.05, 0) is 37.0 Å². The van der Waals surface area contributed by atoms with E-state index in [1.807, 2.05) is 37.3 Å². The van der Waals surface area contributed by atoms with Gasteiger partial charge < -0.3 is 19.7 Å². The molecule has 0 spiro atoms. The van der Waals surface area contributed by atoms with Crippen LogP contribution in [0.3, 0.4) is 0 Å². The average molecular weight is 368 g/mol. The fourth-order valence-electron chi connectivity index (χ4n) is 3.45. The molecule has 1 saturated heterocycles. The topological polar surface area (TPSA) is 67.9 Å². The highest BCUT2D eigenvalue weighted by Gasteiger charge is 2.33. The van der Waals surface area contributed by atoms with Gasteiger partial charge in [0.15, 0.2) is 11.5 Å². The quantitative estimate of drug-likeness (QED) is 0.841. The van der Waals surface area contributed by atoms with Crippen LogP contribution in [0, 0.1) is 6.92 Å². The molecule has 1 fully saturated rings. The highest BCUT2D eigenvalue weighted by atomic mass is 16.5. The van der Waals surface area contributed by atoms with Crippen LogP contribution in [0.2, 0.25) is 0 Å². The maximum Gasteiger partial charge on any atom is 0.313 e. The minimum Gasteiger partial charge on any atom is -0.493 e. The van der Waals surface area contributed by atoms with E-state index < -0.39 is 11.8 Å². The van der Waals surface area contributed by atoms with Crippen molar-refractivity contribution in [3.8, 4) is 11.5 Å². The first-order chi connectivity index (χ1) is 13.0. The zero-order chi connectivity index (χ0) is 19.4. The fourth-order valence-corrected chi connectivity index (χ4v) is 3.45. The summed E-state index contributed by atoms with van der Waals surface area (Å²) in [6, 6.07) is 13.2. The van der Waals surface area contributed by atoms with Gasteiger partial charge in [-0.25, -0.2) is 0 Å². The lowest BCUT2D eigenvalue weighted by molar-refractivity contribution is -0.143. The number of ether oxygens (including phenoxy) is 2. The summed E-state index contributed by atoms with van der Waals surface area (Å²) in [6.45, 7) is 2.42. The Bertz CT molecular complexity index is 836. The van der Waals surface area contributed by atoms with Crippen LogP contribution in [0.4, 0.5) is 5.69 Å². The number of carbonyl (C=O) groups is 2. The maximum absolute atomic E-state index is 12.8. The molecule has 6 nitrogen and oxygen atoms in total. The molecule has 2 amide bonds. The summed E-state index contributed by atoms with van der Waals surface area (Å²) in [6.07, 6.45) is 1.74. The zero-order valence-electron chi connectivity index (χ0n) is 15.8. The van der Waals surface area contributed by atoms with E-state index in [1.54, 1.807) is 24.1 Å². The predicted molar refractivity (Wildman–Crippen MR) is 103 cm³/mol. The van der Waals surface area contributed by atoms with Gasteiger partial charge in [-0.15, -0.1) is 0 Å². The summed E-state index contributed by atoms with van der Waals surface area (Å²) in [5, 5.41) is 2.72. The Morgan fingerprint density at radius 2 is 1.74 bits per heavy atom. The second kappa shape index (κ2) is 8.12. The first-order valence-corrected chi connectivity index (χ1v) is 8.94. The number of likely N-dealkylation sites (tertiary alicyclic amines) is 1. The molecule has 1 aliphatic rings. The summed E-state index contributed by atoms with van der Waals surface area (Å²) < 4.78 is 10.5. The van der Waals surface area contributed by atoms with Crippen LogP contribution in [0.5, 0.6) is 11.5 Å². The monoisotopic (exact) mass is 368 g/mol. The van der Waals surface area contributed by atoms with Gasteiger partial charge in [-0.3, -0.25) is 9.59 Å².